The lowest BCUT2D eigenvalue weighted by Crippen LogP contribution is -2.45. The molecule has 0 spiro atoms. The summed E-state index contributed by atoms with van der Waals surface area (Å²) in [5.41, 5.74) is 2.34. The van der Waals surface area contributed by atoms with Gasteiger partial charge in [-0.2, -0.15) is 0 Å². The normalized spacial score (nSPS) is 15.6. The van der Waals surface area contributed by atoms with E-state index in [1.807, 2.05) is 24.4 Å². The third-order valence-electron chi connectivity index (χ3n) is 5.31. The molecular weight excluding hydrogens is 515 g/mol. The molecule has 0 aliphatic carbocycles. The number of benzene rings is 1. The average Bonchev–Trinajstić information content (AvgIpc) is 2.76. The van der Waals surface area contributed by atoms with E-state index >= 15 is 0 Å². The maximum absolute atomic E-state index is 6.03. The van der Waals surface area contributed by atoms with Crippen molar-refractivity contribution in [3.05, 3.63) is 53.7 Å². The Morgan fingerprint density at radius 1 is 1.16 bits per heavy atom. The number of piperazine rings is 1. The number of aryl methyl sites for hydroxylation is 1. The Morgan fingerprint density at radius 3 is 2.66 bits per heavy atom. The van der Waals surface area contributed by atoms with Crippen LogP contribution in [0.4, 0.5) is 5.82 Å². The van der Waals surface area contributed by atoms with Gasteiger partial charge in [-0.1, -0.05) is 18.2 Å². The number of nitrogens with one attached hydrogen (secondary N) is 2. The lowest BCUT2D eigenvalue weighted by Gasteiger charge is -2.34. The van der Waals surface area contributed by atoms with Crippen LogP contribution in [0.15, 0.2) is 47.6 Å². The molecule has 0 radical (unpaired) electrons. The van der Waals surface area contributed by atoms with Gasteiger partial charge in [0.25, 0.3) is 0 Å². The second-order valence-electron chi connectivity index (χ2n) is 8.10. The molecule has 1 atom stereocenters. The first-order valence-corrected chi connectivity index (χ1v) is 11.2. The molecule has 0 amide bonds. The number of ether oxygens (including phenoxy) is 1. The Kier molecular flexibility index (Phi) is 11.0. The summed E-state index contributed by atoms with van der Waals surface area (Å²) in [6.45, 7) is 12.4. The predicted molar refractivity (Wildman–Crippen MR) is 143 cm³/mol. The van der Waals surface area contributed by atoms with E-state index in [0.29, 0.717) is 13.1 Å². The number of aromatic nitrogens is 1. The van der Waals surface area contributed by atoms with Crippen LogP contribution in [0, 0.1) is 6.92 Å². The second kappa shape index (κ2) is 13.5. The Balaban J connectivity index is 0.00000363. The van der Waals surface area contributed by atoms with Crippen molar-refractivity contribution in [2.75, 3.05) is 51.2 Å². The molecule has 1 unspecified atom stereocenters. The second-order valence-corrected chi connectivity index (χ2v) is 8.10. The maximum Gasteiger partial charge on any atom is 0.191 e. The topological polar surface area (TPSA) is 65.0 Å². The lowest BCUT2D eigenvalue weighted by atomic mass is 10.2. The summed E-state index contributed by atoms with van der Waals surface area (Å²) in [5, 5.41) is 6.73. The molecule has 1 saturated heterocycles. The number of hydrogen-bond donors (Lipinski definition) is 2. The zero-order chi connectivity index (χ0) is 22.1. The molecular formula is C24H37IN6O. The summed E-state index contributed by atoms with van der Waals surface area (Å²) < 4.78 is 6.03. The average molecular weight is 553 g/mol. The van der Waals surface area contributed by atoms with Gasteiger partial charge in [-0.3, -0.25) is 0 Å². The van der Waals surface area contributed by atoms with Crippen LogP contribution >= 0.6 is 24.0 Å². The summed E-state index contributed by atoms with van der Waals surface area (Å²) in [4.78, 5) is 14.2. The molecule has 1 aliphatic heterocycles. The number of nitrogens with zero attached hydrogens (tertiary/aromatic N) is 4. The van der Waals surface area contributed by atoms with Crippen molar-refractivity contribution in [2.24, 2.45) is 4.99 Å². The number of halogens is 1. The van der Waals surface area contributed by atoms with Gasteiger partial charge in [0.05, 0.1) is 13.1 Å². The zero-order valence-electron chi connectivity index (χ0n) is 19.7. The molecule has 7 nitrogen and oxygen atoms in total. The third kappa shape index (κ3) is 8.12. The lowest BCUT2D eigenvalue weighted by molar-refractivity contribution is 0.223. The fraction of sp³-hybridized carbons (Fsp3) is 0.500. The van der Waals surface area contributed by atoms with E-state index in [2.05, 4.69) is 71.4 Å². The highest BCUT2D eigenvalue weighted by Crippen LogP contribution is 2.19. The Hall–Kier alpha value is -2.07. The van der Waals surface area contributed by atoms with Gasteiger partial charge in [0.1, 0.15) is 17.7 Å². The van der Waals surface area contributed by atoms with Crippen molar-refractivity contribution >= 4 is 35.8 Å². The first-order chi connectivity index (χ1) is 15.0. The van der Waals surface area contributed by atoms with Crippen LogP contribution < -0.4 is 20.3 Å². The minimum atomic E-state index is 0. The molecule has 2 N–H and O–H groups in total. The summed E-state index contributed by atoms with van der Waals surface area (Å²) in [5.74, 6) is 2.73. The first-order valence-electron chi connectivity index (χ1n) is 11.2. The zero-order valence-corrected chi connectivity index (χ0v) is 22.0. The highest BCUT2D eigenvalue weighted by Gasteiger charge is 2.17. The number of likely N-dealkylation sites (N-methyl/N-ethyl adjacent to an activating group) is 1. The summed E-state index contributed by atoms with van der Waals surface area (Å²) in [6, 6.07) is 12.2. The van der Waals surface area contributed by atoms with Crippen LogP contribution in [-0.2, 0) is 6.54 Å². The summed E-state index contributed by atoms with van der Waals surface area (Å²) >= 11 is 0. The molecule has 8 heteroatoms. The molecule has 1 aliphatic rings. The minimum absolute atomic E-state index is 0. The number of hydrogen-bond acceptors (Lipinski definition) is 5. The number of rotatable bonds is 8. The fourth-order valence-electron chi connectivity index (χ4n) is 3.57. The fourth-order valence-corrected chi connectivity index (χ4v) is 3.57. The van der Waals surface area contributed by atoms with Crippen molar-refractivity contribution < 1.29 is 4.74 Å². The van der Waals surface area contributed by atoms with Crippen molar-refractivity contribution in [1.82, 2.24) is 20.5 Å². The Labute approximate surface area is 209 Å². The molecule has 3 rings (SSSR count). The van der Waals surface area contributed by atoms with Gasteiger partial charge in [-0.15, -0.1) is 24.0 Å². The van der Waals surface area contributed by atoms with Gasteiger partial charge >= 0.3 is 0 Å². The monoisotopic (exact) mass is 552 g/mol. The van der Waals surface area contributed by atoms with Crippen LogP contribution in [-0.4, -0.2) is 68.3 Å². The summed E-state index contributed by atoms with van der Waals surface area (Å²) in [7, 11) is 2.17. The minimum Gasteiger partial charge on any atom is -0.489 e. The quantitative estimate of drug-likeness (QED) is 0.298. The Bertz CT molecular complexity index is 854. The van der Waals surface area contributed by atoms with Gasteiger partial charge in [0, 0.05) is 44.5 Å². The van der Waals surface area contributed by atoms with E-state index in [0.717, 1.165) is 55.8 Å². The SMILES string of the molecule is CCNC(=NCc1cccnc1N1CCN(C)CC1)NCC(C)Oc1cccc(C)c1.I. The molecule has 1 aromatic carbocycles. The van der Waals surface area contributed by atoms with Crippen molar-refractivity contribution in [2.45, 2.75) is 33.4 Å². The van der Waals surface area contributed by atoms with Crippen LogP contribution in [0.1, 0.15) is 25.0 Å². The molecule has 2 aromatic rings. The highest BCUT2D eigenvalue weighted by atomic mass is 127. The standard InChI is InChI=1S/C24H36N6O.HI/c1-5-25-24(27-17-20(3)31-22-10-6-8-19(2)16-22)28-18-21-9-7-11-26-23(21)30-14-12-29(4)13-15-30;/h6-11,16,20H,5,12-15,17-18H2,1-4H3,(H2,25,27,28);1H. The van der Waals surface area contributed by atoms with Crippen LogP contribution in [0.3, 0.4) is 0 Å². The number of anilines is 1. The van der Waals surface area contributed by atoms with Gasteiger partial charge in [-0.05, 0) is 51.6 Å². The molecule has 0 saturated carbocycles. The van der Waals surface area contributed by atoms with Crippen LogP contribution in [0.25, 0.3) is 0 Å². The van der Waals surface area contributed by atoms with E-state index in [4.69, 9.17) is 9.73 Å². The van der Waals surface area contributed by atoms with Crippen LogP contribution in [0.2, 0.25) is 0 Å². The van der Waals surface area contributed by atoms with Gasteiger partial charge in [0.2, 0.25) is 0 Å². The van der Waals surface area contributed by atoms with Crippen molar-refractivity contribution in [1.29, 1.82) is 0 Å². The first kappa shape index (κ1) is 26.2. The van der Waals surface area contributed by atoms with Crippen molar-refractivity contribution in [3.63, 3.8) is 0 Å². The van der Waals surface area contributed by atoms with E-state index in [1.165, 1.54) is 5.56 Å². The number of pyridine rings is 1. The van der Waals surface area contributed by atoms with E-state index in [-0.39, 0.29) is 30.1 Å². The molecule has 0 bridgehead atoms. The van der Waals surface area contributed by atoms with Gasteiger partial charge < -0.3 is 25.2 Å². The molecule has 176 valence electrons. The van der Waals surface area contributed by atoms with E-state index in [9.17, 15) is 0 Å². The third-order valence-corrected chi connectivity index (χ3v) is 5.31. The van der Waals surface area contributed by atoms with E-state index in [1.54, 1.807) is 0 Å². The molecule has 1 aromatic heterocycles. The smallest absolute Gasteiger partial charge is 0.191 e. The Morgan fingerprint density at radius 2 is 1.94 bits per heavy atom. The maximum atomic E-state index is 6.03. The van der Waals surface area contributed by atoms with Gasteiger partial charge in [-0.25, -0.2) is 9.98 Å². The predicted octanol–water partition coefficient (Wildman–Crippen LogP) is 3.28. The summed E-state index contributed by atoms with van der Waals surface area (Å²) in [6.07, 6.45) is 1.89. The van der Waals surface area contributed by atoms with Crippen molar-refractivity contribution in [3.8, 4) is 5.75 Å². The molecule has 1 fully saturated rings. The number of aliphatic imine (C=N–C) groups is 1. The van der Waals surface area contributed by atoms with E-state index < -0.39 is 0 Å². The largest absolute Gasteiger partial charge is 0.489 e. The highest BCUT2D eigenvalue weighted by molar-refractivity contribution is 14.0. The number of guanidine groups is 1. The van der Waals surface area contributed by atoms with Gasteiger partial charge in [0.15, 0.2) is 5.96 Å². The molecule has 2 heterocycles. The van der Waals surface area contributed by atoms with Crippen LogP contribution in [0.5, 0.6) is 5.75 Å². The molecule has 32 heavy (non-hydrogen) atoms.